The van der Waals surface area contributed by atoms with Crippen LogP contribution < -0.4 is 10.6 Å². The number of halogens is 1. The molecule has 0 fully saturated rings. The molecule has 2 aromatic rings. The van der Waals surface area contributed by atoms with Crippen LogP contribution in [0, 0.1) is 0 Å². The summed E-state index contributed by atoms with van der Waals surface area (Å²) in [6.45, 7) is 2.14. The molecule has 0 saturated carbocycles. The molecule has 0 heterocycles. The minimum Gasteiger partial charge on any atom is -0.506 e. The highest BCUT2D eigenvalue weighted by Crippen LogP contribution is 2.28. The standard InChI is InChI=1S/C16H15ClN2O3/c1-2-19(13-5-3-4-6-14(13)20)16(22)10-7-8-12(17)11(9-10)15(18)21/h3-9,20H,2H2,1H3,(H2,18,21). The Morgan fingerprint density at radius 3 is 2.50 bits per heavy atom. The lowest BCUT2D eigenvalue weighted by Crippen LogP contribution is -2.31. The van der Waals surface area contributed by atoms with Gasteiger partial charge in [0.15, 0.2) is 0 Å². The summed E-state index contributed by atoms with van der Waals surface area (Å²) in [5.41, 5.74) is 5.98. The van der Waals surface area contributed by atoms with Crippen LogP contribution in [0.2, 0.25) is 5.02 Å². The number of nitrogens with two attached hydrogens (primary N) is 1. The van der Waals surface area contributed by atoms with Gasteiger partial charge in [-0.05, 0) is 37.3 Å². The number of hydrogen-bond acceptors (Lipinski definition) is 3. The van der Waals surface area contributed by atoms with Gasteiger partial charge in [0.1, 0.15) is 5.75 Å². The average Bonchev–Trinajstić information content (AvgIpc) is 2.50. The number of nitrogens with zero attached hydrogens (tertiary/aromatic N) is 1. The number of rotatable bonds is 4. The van der Waals surface area contributed by atoms with Crippen molar-refractivity contribution in [2.75, 3.05) is 11.4 Å². The summed E-state index contributed by atoms with van der Waals surface area (Å²) in [5, 5.41) is 10.1. The summed E-state index contributed by atoms with van der Waals surface area (Å²) in [6.07, 6.45) is 0. The summed E-state index contributed by atoms with van der Waals surface area (Å²) < 4.78 is 0. The summed E-state index contributed by atoms with van der Waals surface area (Å²) in [6, 6.07) is 10.9. The lowest BCUT2D eigenvalue weighted by Gasteiger charge is -2.22. The largest absolute Gasteiger partial charge is 0.506 e. The van der Waals surface area contributed by atoms with E-state index in [-0.39, 0.29) is 27.8 Å². The van der Waals surface area contributed by atoms with Crippen molar-refractivity contribution in [2.45, 2.75) is 6.92 Å². The highest BCUT2D eigenvalue weighted by molar-refractivity contribution is 6.34. The number of hydrogen-bond donors (Lipinski definition) is 2. The monoisotopic (exact) mass is 318 g/mol. The fraction of sp³-hybridized carbons (Fsp3) is 0.125. The van der Waals surface area contributed by atoms with Crippen molar-refractivity contribution in [2.24, 2.45) is 5.73 Å². The summed E-state index contributed by atoms with van der Waals surface area (Å²) in [7, 11) is 0. The van der Waals surface area contributed by atoms with Gasteiger partial charge < -0.3 is 15.7 Å². The van der Waals surface area contributed by atoms with E-state index in [1.807, 2.05) is 0 Å². The lowest BCUT2D eigenvalue weighted by molar-refractivity contribution is 0.0987. The van der Waals surface area contributed by atoms with E-state index in [0.29, 0.717) is 12.2 Å². The van der Waals surface area contributed by atoms with Gasteiger partial charge in [0.05, 0.1) is 16.3 Å². The molecular formula is C16H15ClN2O3. The van der Waals surface area contributed by atoms with Gasteiger partial charge in [-0.2, -0.15) is 0 Å². The van der Waals surface area contributed by atoms with E-state index in [9.17, 15) is 14.7 Å². The molecule has 0 unspecified atom stereocenters. The third kappa shape index (κ3) is 3.04. The summed E-state index contributed by atoms with van der Waals surface area (Å²) in [5.74, 6) is -1.06. The Balaban J connectivity index is 2.44. The smallest absolute Gasteiger partial charge is 0.258 e. The molecule has 2 rings (SSSR count). The van der Waals surface area contributed by atoms with Crippen LogP contribution in [0.1, 0.15) is 27.6 Å². The molecule has 0 bridgehead atoms. The lowest BCUT2D eigenvalue weighted by atomic mass is 10.1. The Hall–Kier alpha value is -2.53. The van der Waals surface area contributed by atoms with Gasteiger partial charge >= 0.3 is 0 Å². The van der Waals surface area contributed by atoms with Crippen molar-refractivity contribution >= 4 is 29.1 Å². The number of primary amides is 1. The Morgan fingerprint density at radius 2 is 1.91 bits per heavy atom. The van der Waals surface area contributed by atoms with E-state index >= 15 is 0 Å². The fourth-order valence-electron chi connectivity index (χ4n) is 2.12. The SMILES string of the molecule is CCN(C(=O)c1ccc(Cl)c(C(N)=O)c1)c1ccccc1O. The molecule has 0 aliphatic carbocycles. The van der Waals surface area contributed by atoms with Crippen molar-refractivity contribution in [1.29, 1.82) is 0 Å². The summed E-state index contributed by atoms with van der Waals surface area (Å²) in [4.78, 5) is 25.4. The van der Waals surface area contributed by atoms with Crippen LogP contribution in [0.5, 0.6) is 5.75 Å². The maximum absolute atomic E-state index is 12.6. The number of aromatic hydroxyl groups is 1. The number of amides is 2. The van der Waals surface area contributed by atoms with Crippen LogP contribution in [0.25, 0.3) is 0 Å². The molecule has 6 heteroatoms. The van der Waals surface area contributed by atoms with Gasteiger partial charge in [0.25, 0.3) is 5.91 Å². The Labute approximate surface area is 132 Å². The maximum Gasteiger partial charge on any atom is 0.258 e. The number of carbonyl (C=O) groups excluding carboxylic acids is 2. The predicted octanol–water partition coefficient (Wildman–Crippen LogP) is 2.81. The molecule has 114 valence electrons. The normalized spacial score (nSPS) is 10.3. The van der Waals surface area contributed by atoms with E-state index in [2.05, 4.69) is 0 Å². The van der Waals surface area contributed by atoms with Crippen LogP contribution >= 0.6 is 11.6 Å². The summed E-state index contributed by atoms with van der Waals surface area (Å²) >= 11 is 5.89. The van der Waals surface area contributed by atoms with Gasteiger partial charge in [0, 0.05) is 12.1 Å². The van der Waals surface area contributed by atoms with Crippen molar-refractivity contribution in [3.8, 4) is 5.75 Å². The third-order valence-electron chi connectivity index (χ3n) is 3.21. The average molecular weight is 319 g/mol. The molecule has 3 N–H and O–H groups in total. The van der Waals surface area contributed by atoms with Gasteiger partial charge in [0.2, 0.25) is 5.91 Å². The zero-order chi connectivity index (χ0) is 16.3. The predicted molar refractivity (Wildman–Crippen MR) is 85.4 cm³/mol. The molecule has 2 aromatic carbocycles. The first kappa shape index (κ1) is 15.9. The molecule has 2 amide bonds. The van der Waals surface area contributed by atoms with Gasteiger partial charge in [-0.1, -0.05) is 23.7 Å². The quantitative estimate of drug-likeness (QED) is 0.909. The first-order valence-corrected chi connectivity index (χ1v) is 7.02. The van der Waals surface area contributed by atoms with E-state index in [0.717, 1.165) is 0 Å². The first-order chi connectivity index (χ1) is 10.5. The fourth-order valence-corrected chi connectivity index (χ4v) is 2.33. The van der Waals surface area contributed by atoms with E-state index in [1.165, 1.54) is 29.2 Å². The number of phenolic OH excluding ortho intramolecular Hbond substituents is 1. The Morgan fingerprint density at radius 1 is 1.23 bits per heavy atom. The molecule has 0 radical (unpaired) electrons. The molecular weight excluding hydrogens is 304 g/mol. The molecule has 5 nitrogen and oxygen atoms in total. The van der Waals surface area contributed by atoms with Crippen LogP contribution in [0.3, 0.4) is 0 Å². The number of para-hydroxylation sites is 2. The van der Waals surface area contributed by atoms with Gasteiger partial charge in [-0.15, -0.1) is 0 Å². The Kier molecular flexibility index (Phi) is 4.68. The van der Waals surface area contributed by atoms with Crippen molar-refractivity contribution in [3.63, 3.8) is 0 Å². The minimum absolute atomic E-state index is 0.00166. The first-order valence-electron chi connectivity index (χ1n) is 6.65. The highest BCUT2D eigenvalue weighted by atomic mass is 35.5. The van der Waals surface area contributed by atoms with E-state index in [1.54, 1.807) is 25.1 Å². The highest BCUT2D eigenvalue weighted by Gasteiger charge is 2.20. The van der Waals surface area contributed by atoms with Gasteiger partial charge in [-0.25, -0.2) is 0 Å². The van der Waals surface area contributed by atoms with Crippen LogP contribution in [0.15, 0.2) is 42.5 Å². The molecule has 0 spiro atoms. The van der Waals surface area contributed by atoms with Crippen LogP contribution in [-0.4, -0.2) is 23.5 Å². The molecule has 0 aliphatic heterocycles. The number of benzene rings is 2. The zero-order valence-electron chi connectivity index (χ0n) is 11.9. The molecule has 22 heavy (non-hydrogen) atoms. The maximum atomic E-state index is 12.6. The zero-order valence-corrected chi connectivity index (χ0v) is 12.7. The molecule has 0 aliphatic rings. The van der Waals surface area contributed by atoms with Crippen molar-refractivity contribution in [3.05, 3.63) is 58.6 Å². The van der Waals surface area contributed by atoms with Crippen LogP contribution in [-0.2, 0) is 0 Å². The van der Waals surface area contributed by atoms with E-state index in [4.69, 9.17) is 17.3 Å². The number of anilines is 1. The molecule has 0 saturated heterocycles. The number of carbonyl (C=O) groups is 2. The van der Waals surface area contributed by atoms with Crippen molar-refractivity contribution in [1.82, 2.24) is 0 Å². The van der Waals surface area contributed by atoms with E-state index < -0.39 is 5.91 Å². The minimum atomic E-state index is -0.703. The molecule has 0 aromatic heterocycles. The Bertz CT molecular complexity index is 731. The van der Waals surface area contributed by atoms with Crippen molar-refractivity contribution < 1.29 is 14.7 Å². The molecule has 0 atom stereocenters. The third-order valence-corrected chi connectivity index (χ3v) is 3.54. The topological polar surface area (TPSA) is 83.6 Å². The van der Waals surface area contributed by atoms with Crippen LogP contribution in [0.4, 0.5) is 5.69 Å². The second kappa shape index (κ2) is 6.49. The second-order valence-electron chi connectivity index (χ2n) is 4.60. The second-order valence-corrected chi connectivity index (χ2v) is 5.00. The van der Waals surface area contributed by atoms with Gasteiger partial charge in [-0.3, -0.25) is 9.59 Å². The number of phenols is 1.